The first-order valence-corrected chi connectivity index (χ1v) is 8.34. The molecule has 2 atom stereocenters. The summed E-state index contributed by atoms with van der Waals surface area (Å²) in [5.74, 6) is 2.31. The van der Waals surface area contributed by atoms with Crippen molar-refractivity contribution in [1.82, 2.24) is 4.90 Å². The number of hydrogen-bond donors (Lipinski definition) is 0. The van der Waals surface area contributed by atoms with Gasteiger partial charge >= 0.3 is 0 Å². The normalized spacial score (nSPS) is 23.2. The molecule has 2 aliphatic rings. The van der Waals surface area contributed by atoms with Gasteiger partial charge in [0, 0.05) is 19.1 Å². The van der Waals surface area contributed by atoms with Gasteiger partial charge in [-0.2, -0.15) is 0 Å². The first-order chi connectivity index (χ1) is 11.3. The molecule has 23 heavy (non-hydrogen) atoms. The molecule has 0 aliphatic carbocycles. The Morgan fingerprint density at radius 1 is 1.00 bits per heavy atom. The van der Waals surface area contributed by atoms with Gasteiger partial charge in [-0.3, -0.25) is 4.90 Å². The van der Waals surface area contributed by atoms with Gasteiger partial charge in [0.25, 0.3) is 0 Å². The minimum atomic E-state index is 0.503. The van der Waals surface area contributed by atoms with Crippen LogP contribution in [0.5, 0.6) is 11.5 Å². The van der Waals surface area contributed by atoms with E-state index in [1.54, 1.807) is 14.2 Å². The molecule has 2 aromatic carbocycles. The Morgan fingerprint density at radius 3 is 2.48 bits per heavy atom. The smallest absolute Gasteiger partial charge is 0.161 e. The highest BCUT2D eigenvalue weighted by Gasteiger charge is 2.37. The van der Waals surface area contributed by atoms with Crippen molar-refractivity contribution in [2.24, 2.45) is 0 Å². The van der Waals surface area contributed by atoms with Crippen molar-refractivity contribution in [1.29, 1.82) is 0 Å². The summed E-state index contributed by atoms with van der Waals surface area (Å²) in [5.41, 5.74) is 4.30. The SMILES string of the molecule is COc1cc2c(cc1OC)[C@H]1C[C@@H](c3ccccc3)CN1CC2. The third-order valence-corrected chi connectivity index (χ3v) is 5.35. The Bertz CT molecular complexity index is 698. The van der Waals surface area contributed by atoms with Gasteiger partial charge < -0.3 is 9.47 Å². The largest absolute Gasteiger partial charge is 0.493 e. The summed E-state index contributed by atoms with van der Waals surface area (Å²) in [7, 11) is 3.42. The molecule has 4 rings (SSSR count). The molecule has 0 aromatic heterocycles. The average molecular weight is 309 g/mol. The molecular formula is C20H23NO2. The fourth-order valence-electron chi connectivity index (χ4n) is 4.17. The number of methoxy groups -OCH3 is 2. The molecule has 3 nitrogen and oxygen atoms in total. The lowest BCUT2D eigenvalue weighted by molar-refractivity contribution is 0.241. The van der Waals surface area contributed by atoms with Crippen molar-refractivity contribution in [2.45, 2.75) is 24.8 Å². The molecule has 0 amide bonds. The molecule has 1 saturated heterocycles. The fraction of sp³-hybridized carbons (Fsp3) is 0.400. The van der Waals surface area contributed by atoms with Crippen molar-refractivity contribution in [2.75, 3.05) is 27.3 Å². The van der Waals surface area contributed by atoms with Gasteiger partial charge in [-0.25, -0.2) is 0 Å². The lowest BCUT2D eigenvalue weighted by Gasteiger charge is -2.32. The monoisotopic (exact) mass is 309 g/mol. The number of nitrogens with zero attached hydrogens (tertiary/aromatic N) is 1. The van der Waals surface area contributed by atoms with Crippen LogP contribution in [0, 0.1) is 0 Å². The molecule has 2 aliphatic heterocycles. The highest BCUT2D eigenvalue weighted by atomic mass is 16.5. The van der Waals surface area contributed by atoms with Gasteiger partial charge in [-0.15, -0.1) is 0 Å². The molecule has 0 N–H and O–H groups in total. The van der Waals surface area contributed by atoms with Gasteiger partial charge in [0.2, 0.25) is 0 Å². The van der Waals surface area contributed by atoms with E-state index in [-0.39, 0.29) is 0 Å². The summed E-state index contributed by atoms with van der Waals surface area (Å²) in [5, 5.41) is 0. The van der Waals surface area contributed by atoms with Crippen LogP contribution >= 0.6 is 0 Å². The van der Waals surface area contributed by atoms with Crippen LogP contribution in [-0.2, 0) is 6.42 Å². The second-order valence-corrected chi connectivity index (χ2v) is 6.51. The predicted molar refractivity (Wildman–Crippen MR) is 91.4 cm³/mol. The van der Waals surface area contributed by atoms with E-state index in [9.17, 15) is 0 Å². The van der Waals surface area contributed by atoms with Crippen molar-refractivity contribution in [3.05, 3.63) is 59.2 Å². The van der Waals surface area contributed by atoms with Crippen LogP contribution in [0.4, 0.5) is 0 Å². The molecule has 0 spiro atoms. The van der Waals surface area contributed by atoms with Crippen LogP contribution in [-0.4, -0.2) is 32.2 Å². The third-order valence-electron chi connectivity index (χ3n) is 5.35. The number of rotatable bonds is 3. The molecule has 3 heteroatoms. The summed E-state index contributed by atoms with van der Waals surface area (Å²) >= 11 is 0. The summed E-state index contributed by atoms with van der Waals surface area (Å²) < 4.78 is 11.0. The topological polar surface area (TPSA) is 21.7 Å². The highest BCUT2D eigenvalue weighted by molar-refractivity contribution is 5.50. The Morgan fingerprint density at radius 2 is 1.74 bits per heavy atom. The van der Waals surface area contributed by atoms with Crippen molar-refractivity contribution < 1.29 is 9.47 Å². The maximum atomic E-state index is 5.52. The Labute approximate surface area is 137 Å². The zero-order valence-electron chi connectivity index (χ0n) is 13.8. The van der Waals surface area contributed by atoms with E-state index in [4.69, 9.17) is 9.47 Å². The summed E-state index contributed by atoms with van der Waals surface area (Å²) in [4.78, 5) is 2.63. The van der Waals surface area contributed by atoms with Crippen LogP contribution in [0.2, 0.25) is 0 Å². The van der Waals surface area contributed by atoms with Crippen LogP contribution in [0.15, 0.2) is 42.5 Å². The number of ether oxygens (including phenoxy) is 2. The first kappa shape index (κ1) is 14.6. The summed E-state index contributed by atoms with van der Waals surface area (Å²) in [6, 6.07) is 15.8. The fourth-order valence-corrected chi connectivity index (χ4v) is 4.17. The van der Waals surface area contributed by atoms with E-state index in [1.165, 1.54) is 23.1 Å². The molecule has 120 valence electrons. The van der Waals surface area contributed by atoms with Gasteiger partial charge in [0.1, 0.15) is 0 Å². The van der Waals surface area contributed by atoms with E-state index >= 15 is 0 Å². The van der Waals surface area contributed by atoms with Gasteiger partial charge in [-0.1, -0.05) is 30.3 Å². The van der Waals surface area contributed by atoms with E-state index in [2.05, 4.69) is 47.4 Å². The predicted octanol–water partition coefficient (Wildman–Crippen LogP) is 3.79. The third kappa shape index (κ3) is 2.49. The lowest BCUT2D eigenvalue weighted by atomic mass is 9.89. The molecule has 0 radical (unpaired) electrons. The molecule has 0 unspecified atom stereocenters. The van der Waals surface area contributed by atoms with Crippen LogP contribution in [0.3, 0.4) is 0 Å². The van der Waals surface area contributed by atoms with Crippen LogP contribution in [0.25, 0.3) is 0 Å². The van der Waals surface area contributed by atoms with Crippen molar-refractivity contribution in [3.63, 3.8) is 0 Å². The number of fused-ring (bicyclic) bond motifs is 3. The van der Waals surface area contributed by atoms with Gasteiger partial charge in [0.05, 0.1) is 14.2 Å². The minimum Gasteiger partial charge on any atom is -0.493 e. The standard InChI is InChI=1S/C20H23NO2/c1-22-19-11-15-8-9-21-13-16(14-6-4-3-5-7-14)10-18(21)17(15)12-20(19)23-2/h3-7,11-12,16,18H,8-10,13H2,1-2H3/t16-,18-/m1/s1. The molecule has 1 fully saturated rings. The van der Waals surface area contributed by atoms with E-state index in [0.717, 1.165) is 31.0 Å². The minimum absolute atomic E-state index is 0.503. The van der Waals surface area contributed by atoms with Gasteiger partial charge in [-0.05, 0) is 47.6 Å². The van der Waals surface area contributed by atoms with Gasteiger partial charge in [0.15, 0.2) is 11.5 Å². The van der Waals surface area contributed by atoms with Crippen LogP contribution in [0.1, 0.15) is 35.1 Å². The molecule has 2 aromatic rings. The van der Waals surface area contributed by atoms with E-state index in [0.29, 0.717) is 12.0 Å². The molecule has 0 bridgehead atoms. The number of hydrogen-bond acceptors (Lipinski definition) is 3. The second kappa shape index (κ2) is 5.89. The second-order valence-electron chi connectivity index (χ2n) is 6.51. The van der Waals surface area contributed by atoms with Crippen LogP contribution < -0.4 is 9.47 Å². The van der Waals surface area contributed by atoms with E-state index in [1.807, 2.05) is 0 Å². The Kier molecular flexibility index (Phi) is 3.74. The maximum Gasteiger partial charge on any atom is 0.161 e. The average Bonchev–Trinajstić information content (AvgIpc) is 3.06. The molecule has 0 saturated carbocycles. The van der Waals surface area contributed by atoms with Crippen molar-refractivity contribution >= 4 is 0 Å². The quantitative estimate of drug-likeness (QED) is 0.861. The highest BCUT2D eigenvalue weighted by Crippen LogP contribution is 2.46. The number of benzene rings is 2. The zero-order valence-corrected chi connectivity index (χ0v) is 13.8. The zero-order chi connectivity index (χ0) is 15.8. The summed E-state index contributed by atoms with van der Waals surface area (Å²) in [6.07, 6.45) is 2.28. The maximum absolute atomic E-state index is 5.52. The van der Waals surface area contributed by atoms with E-state index < -0.39 is 0 Å². The molecular weight excluding hydrogens is 286 g/mol. The lowest BCUT2D eigenvalue weighted by Crippen LogP contribution is -2.31. The first-order valence-electron chi connectivity index (χ1n) is 8.34. The van der Waals surface area contributed by atoms with Crippen molar-refractivity contribution in [3.8, 4) is 11.5 Å². The molecule has 2 heterocycles. The summed E-state index contributed by atoms with van der Waals surface area (Å²) in [6.45, 7) is 2.29. The Hall–Kier alpha value is -2.00. The Balaban J connectivity index is 1.67.